The van der Waals surface area contributed by atoms with Crippen LogP contribution in [0.1, 0.15) is 26.3 Å². The van der Waals surface area contributed by atoms with E-state index < -0.39 is 0 Å². The Morgan fingerprint density at radius 2 is 1.83 bits per heavy atom. The van der Waals surface area contributed by atoms with Gasteiger partial charge in [0.1, 0.15) is 0 Å². The Morgan fingerprint density at radius 1 is 1.22 bits per heavy atom. The number of halogens is 1. The molecule has 0 bridgehead atoms. The summed E-state index contributed by atoms with van der Waals surface area (Å²) in [5.41, 5.74) is 1.31. The highest BCUT2D eigenvalue weighted by Crippen LogP contribution is 2.15. The fourth-order valence-electron chi connectivity index (χ4n) is 2.19. The Balaban J connectivity index is 2.60. The van der Waals surface area contributed by atoms with E-state index >= 15 is 0 Å². The van der Waals surface area contributed by atoms with E-state index in [0.29, 0.717) is 12.0 Å². The first-order valence-corrected chi connectivity index (χ1v) is 7.07. The van der Waals surface area contributed by atoms with E-state index in [0.717, 1.165) is 24.7 Å². The van der Waals surface area contributed by atoms with Crippen LogP contribution in [0, 0.1) is 5.92 Å². The molecule has 0 saturated carbocycles. The van der Waals surface area contributed by atoms with Gasteiger partial charge in [-0.1, -0.05) is 44.5 Å². The number of benzene rings is 1. The van der Waals surface area contributed by atoms with Crippen LogP contribution >= 0.6 is 11.6 Å². The third-order valence-corrected chi connectivity index (χ3v) is 3.54. The van der Waals surface area contributed by atoms with Crippen LogP contribution in [0.5, 0.6) is 0 Å². The van der Waals surface area contributed by atoms with Crippen molar-refractivity contribution < 1.29 is 0 Å². The maximum Gasteiger partial charge on any atom is 0.0406 e. The summed E-state index contributed by atoms with van der Waals surface area (Å²) in [4.78, 5) is 2.41. The minimum Gasteiger partial charge on any atom is -0.315 e. The van der Waals surface area contributed by atoms with E-state index in [2.05, 4.69) is 50.2 Å². The smallest absolute Gasteiger partial charge is 0.0406 e. The molecule has 1 rings (SSSR count). The molecule has 0 spiro atoms. The summed E-state index contributed by atoms with van der Waals surface area (Å²) in [7, 11) is 2.19. The first-order chi connectivity index (χ1) is 8.54. The predicted molar refractivity (Wildman–Crippen MR) is 80.1 cm³/mol. The van der Waals surface area contributed by atoms with Crippen LogP contribution in [0.25, 0.3) is 0 Å². The molecule has 0 aromatic heterocycles. The van der Waals surface area contributed by atoms with E-state index in [4.69, 9.17) is 11.6 Å². The number of hydrogen-bond acceptors (Lipinski definition) is 2. The Bertz CT molecular complexity index is 335. The molecular formula is C15H25ClN2. The van der Waals surface area contributed by atoms with Gasteiger partial charge in [-0.25, -0.2) is 0 Å². The lowest BCUT2D eigenvalue weighted by Crippen LogP contribution is -2.43. The van der Waals surface area contributed by atoms with Crippen LogP contribution in [0.4, 0.5) is 0 Å². The van der Waals surface area contributed by atoms with Gasteiger partial charge in [-0.05, 0) is 37.2 Å². The normalized spacial score (nSPS) is 13.3. The molecule has 0 fully saturated rings. The quantitative estimate of drug-likeness (QED) is 0.815. The summed E-state index contributed by atoms with van der Waals surface area (Å²) in [6, 6.07) is 8.67. The number of rotatable bonds is 7. The van der Waals surface area contributed by atoms with Crippen molar-refractivity contribution in [2.75, 3.05) is 20.1 Å². The number of nitrogens with zero attached hydrogens (tertiary/aromatic N) is 1. The molecule has 0 aliphatic heterocycles. The van der Waals surface area contributed by atoms with Crippen LogP contribution in [0.3, 0.4) is 0 Å². The monoisotopic (exact) mass is 268 g/mol. The molecule has 0 saturated heterocycles. The Morgan fingerprint density at radius 3 is 2.33 bits per heavy atom. The average Bonchev–Trinajstić information content (AvgIpc) is 2.32. The summed E-state index contributed by atoms with van der Waals surface area (Å²) in [6.07, 6.45) is 0. The van der Waals surface area contributed by atoms with Gasteiger partial charge >= 0.3 is 0 Å². The molecule has 0 heterocycles. The molecule has 1 atom stereocenters. The lowest BCUT2D eigenvalue weighted by molar-refractivity contribution is 0.180. The molecule has 0 aliphatic rings. The van der Waals surface area contributed by atoms with Gasteiger partial charge in [0.15, 0.2) is 0 Å². The highest BCUT2D eigenvalue weighted by molar-refractivity contribution is 6.30. The third-order valence-electron chi connectivity index (χ3n) is 3.28. The largest absolute Gasteiger partial charge is 0.315 e. The average molecular weight is 269 g/mol. The van der Waals surface area contributed by atoms with E-state index in [-0.39, 0.29) is 0 Å². The zero-order valence-corrected chi connectivity index (χ0v) is 12.7. The van der Waals surface area contributed by atoms with Gasteiger partial charge in [0.05, 0.1) is 0 Å². The highest BCUT2D eigenvalue weighted by atomic mass is 35.5. The van der Waals surface area contributed by atoms with Crippen LogP contribution in [-0.4, -0.2) is 31.1 Å². The minimum absolute atomic E-state index is 0.556. The third kappa shape index (κ3) is 4.97. The second kappa shape index (κ2) is 7.78. The molecule has 3 heteroatoms. The number of likely N-dealkylation sites (N-methyl/N-ethyl adjacent to an activating group) is 2. The molecule has 102 valence electrons. The van der Waals surface area contributed by atoms with E-state index in [9.17, 15) is 0 Å². The van der Waals surface area contributed by atoms with Crippen LogP contribution < -0.4 is 5.32 Å². The van der Waals surface area contributed by atoms with Crippen molar-refractivity contribution >= 4 is 11.6 Å². The van der Waals surface area contributed by atoms with Crippen LogP contribution in [0.2, 0.25) is 5.02 Å². The standard InChI is InChI=1S/C15H25ClN2/c1-5-17-10-15(12(2)3)18(4)11-13-6-8-14(16)9-7-13/h6-9,12,15,17H,5,10-11H2,1-4H3. The molecule has 1 aromatic carbocycles. The van der Waals surface area contributed by atoms with Crippen molar-refractivity contribution in [1.29, 1.82) is 0 Å². The SMILES string of the molecule is CCNCC(C(C)C)N(C)Cc1ccc(Cl)cc1. The second-order valence-electron chi connectivity index (χ2n) is 5.16. The Kier molecular flexibility index (Phi) is 6.69. The van der Waals surface area contributed by atoms with E-state index in [1.54, 1.807) is 0 Å². The first kappa shape index (κ1) is 15.5. The summed E-state index contributed by atoms with van der Waals surface area (Å²) in [5, 5.41) is 4.24. The second-order valence-corrected chi connectivity index (χ2v) is 5.60. The summed E-state index contributed by atoms with van der Waals surface area (Å²) in [5.74, 6) is 0.640. The minimum atomic E-state index is 0.556. The molecule has 0 amide bonds. The summed E-state index contributed by atoms with van der Waals surface area (Å²) < 4.78 is 0. The zero-order chi connectivity index (χ0) is 13.5. The van der Waals surface area contributed by atoms with Gasteiger partial charge in [0.25, 0.3) is 0 Å². The van der Waals surface area contributed by atoms with Crippen molar-refractivity contribution in [3.05, 3.63) is 34.9 Å². The van der Waals surface area contributed by atoms with Crippen LogP contribution in [0.15, 0.2) is 24.3 Å². The van der Waals surface area contributed by atoms with Crippen molar-refractivity contribution in [3.63, 3.8) is 0 Å². The molecule has 2 nitrogen and oxygen atoms in total. The predicted octanol–water partition coefficient (Wildman–Crippen LogP) is 3.41. The van der Waals surface area contributed by atoms with Crippen molar-refractivity contribution in [3.8, 4) is 0 Å². The molecular weight excluding hydrogens is 244 g/mol. The fourth-order valence-corrected chi connectivity index (χ4v) is 2.31. The topological polar surface area (TPSA) is 15.3 Å². The molecule has 18 heavy (non-hydrogen) atoms. The number of nitrogens with one attached hydrogen (secondary N) is 1. The molecule has 0 radical (unpaired) electrons. The maximum atomic E-state index is 5.91. The van der Waals surface area contributed by atoms with E-state index in [1.165, 1.54) is 5.56 Å². The van der Waals surface area contributed by atoms with Gasteiger partial charge in [0, 0.05) is 24.2 Å². The first-order valence-electron chi connectivity index (χ1n) is 6.70. The van der Waals surface area contributed by atoms with Crippen molar-refractivity contribution in [2.45, 2.75) is 33.4 Å². The lowest BCUT2D eigenvalue weighted by Gasteiger charge is -2.31. The fraction of sp³-hybridized carbons (Fsp3) is 0.600. The van der Waals surface area contributed by atoms with Gasteiger partial charge in [-0.3, -0.25) is 4.90 Å². The zero-order valence-electron chi connectivity index (χ0n) is 11.9. The van der Waals surface area contributed by atoms with Gasteiger partial charge in [0.2, 0.25) is 0 Å². The molecule has 1 unspecified atom stereocenters. The molecule has 1 N–H and O–H groups in total. The van der Waals surface area contributed by atoms with Crippen molar-refractivity contribution in [1.82, 2.24) is 10.2 Å². The highest BCUT2D eigenvalue weighted by Gasteiger charge is 2.18. The maximum absolute atomic E-state index is 5.91. The molecule has 0 aliphatic carbocycles. The van der Waals surface area contributed by atoms with Gasteiger partial charge in [-0.2, -0.15) is 0 Å². The van der Waals surface area contributed by atoms with Crippen molar-refractivity contribution in [2.24, 2.45) is 5.92 Å². The number of hydrogen-bond donors (Lipinski definition) is 1. The molecule has 1 aromatic rings. The van der Waals surface area contributed by atoms with E-state index in [1.807, 2.05) is 12.1 Å². The Labute approximate surface area is 116 Å². The van der Waals surface area contributed by atoms with Crippen LogP contribution in [-0.2, 0) is 6.54 Å². The van der Waals surface area contributed by atoms with Gasteiger partial charge < -0.3 is 5.32 Å². The summed E-state index contributed by atoms with van der Waals surface area (Å²) >= 11 is 5.91. The summed E-state index contributed by atoms with van der Waals surface area (Å²) in [6.45, 7) is 9.74. The Hall–Kier alpha value is -0.570. The lowest BCUT2D eigenvalue weighted by atomic mass is 10.0. The van der Waals surface area contributed by atoms with Gasteiger partial charge in [-0.15, -0.1) is 0 Å².